The van der Waals surface area contributed by atoms with E-state index in [1.807, 2.05) is 30.6 Å². The zero-order valence-electron chi connectivity index (χ0n) is 11.3. The molecule has 0 bridgehead atoms. The van der Waals surface area contributed by atoms with Crippen LogP contribution in [0.15, 0.2) is 36.9 Å². The van der Waals surface area contributed by atoms with Gasteiger partial charge in [-0.2, -0.15) is 0 Å². The molecule has 0 atom stereocenters. The average Bonchev–Trinajstić information content (AvgIpc) is 2.40. The molecule has 2 N–H and O–H groups in total. The van der Waals surface area contributed by atoms with E-state index in [-0.39, 0.29) is 0 Å². The fraction of sp³-hybridized carbons (Fsp3) is 0.357. The Labute approximate surface area is 113 Å². The van der Waals surface area contributed by atoms with Crippen LogP contribution in [-0.2, 0) is 6.42 Å². The maximum absolute atomic E-state index is 4.20. The topological polar surface area (TPSA) is 62.7 Å². The Hall–Kier alpha value is -2.17. The van der Waals surface area contributed by atoms with Crippen LogP contribution in [-0.4, -0.2) is 27.5 Å². The number of nitrogens with one attached hydrogen (secondary N) is 2. The molecule has 2 aromatic rings. The standard InChI is InChI=1S/C14H19N5/c1-11(2)19-14-9-13(17-10-18-14)16-8-5-12-3-6-15-7-4-12/h3-4,6-7,9-11H,5,8H2,1-2H3,(H2,16,17,18,19). The number of hydrogen-bond donors (Lipinski definition) is 2. The first-order valence-electron chi connectivity index (χ1n) is 6.45. The molecule has 0 saturated heterocycles. The predicted molar refractivity (Wildman–Crippen MR) is 77.2 cm³/mol. The van der Waals surface area contributed by atoms with Crippen molar-refractivity contribution in [2.24, 2.45) is 0 Å². The summed E-state index contributed by atoms with van der Waals surface area (Å²) in [5.41, 5.74) is 1.26. The van der Waals surface area contributed by atoms with Crippen molar-refractivity contribution >= 4 is 11.6 Å². The van der Waals surface area contributed by atoms with Crippen LogP contribution in [0.2, 0.25) is 0 Å². The van der Waals surface area contributed by atoms with Crippen LogP contribution < -0.4 is 10.6 Å². The van der Waals surface area contributed by atoms with E-state index < -0.39 is 0 Å². The predicted octanol–water partition coefficient (Wildman–Crippen LogP) is 2.35. The van der Waals surface area contributed by atoms with Gasteiger partial charge in [0.1, 0.15) is 18.0 Å². The number of hydrogen-bond acceptors (Lipinski definition) is 5. The lowest BCUT2D eigenvalue weighted by Crippen LogP contribution is -2.12. The monoisotopic (exact) mass is 257 g/mol. The molecule has 0 aliphatic carbocycles. The van der Waals surface area contributed by atoms with Crippen molar-refractivity contribution in [3.63, 3.8) is 0 Å². The minimum absolute atomic E-state index is 0.361. The molecule has 2 aromatic heterocycles. The fourth-order valence-electron chi connectivity index (χ4n) is 1.71. The van der Waals surface area contributed by atoms with Crippen molar-refractivity contribution < 1.29 is 0 Å². The second-order valence-corrected chi connectivity index (χ2v) is 4.62. The molecule has 100 valence electrons. The summed E-state index contributed by atoms with van der Waals surface area (Å²) in [4.78, 5) is 12.4. The van der Waals surface area contributed by atoms with Gasteiger partial charge in [0.2, 0.25) is 0 Å². The number of pyridine rings is 1. The van der Waals surface area contributed by atoms with Crippen LogP contribution in [0.5, 0.6) is 0 Å². The summed E-state index contributed by atoms with van der Waals surface area (Å²) >= 11 is 0. The maximum atomic E-state index is 4.20. The molecular formula is C14H19N5. The molecule has 5 heteroatoms. The Balaban J connectivity index is 1.86. The molecule has 2 rings (SSSR count). The Morgan fingerprint density at radius 3 is 2.58 bits per heavy atom. The van der Waals surface area contributed by atoms with Crippen molar-refractivity contribution in [1.82, 2.24) is 15.0 Å². The summed E-state index contributed by atoms with van der Waals surface area (Å²) in [6, 6.07) is 6.33. The molecule has 0 fully saturated rings. The van der Waals surface area contributed by atoms with Crippen LogP contribution in [0.4, 0.5) is 11.6 Å². The van der Waals surface area contributed by atoms with Crippen molar-refractivity contribution in [3.8, 4) is 0 Å². The van der Waals surface area contributed by atoms with Gasteiger partial charge in [0.25, 0.3) is 0 Å². The normalized spacial score (nSPS) is 10.5. The average molecular weight is 257 g/mol. The Kier molecular flexibility index (Phi) is 4.66. The summed E-state index contributed by atoms with van der Waals surface area (Å²) in [7, 11) is 0. The van der Waals surface area contributed by atoms with E-state index >= 15 is 0 Å². The van der Waals surface area contributed by atoms with Gasteiger partial charge in [-0.25, -0.2) is 9.97 Å². The molecule has 2 heterocycles. The van der Waals surface area contributed by atoms with Gasteiger partial charge in [-0.15, -0.1) is 0 Å². The molecule has 5 nitrogen and oxygen atoms in total. The lowest BCUT2D eigenvalue weighted by Gasteiger charge is -2.10. The molecule has 0 spiro atoms. The molecule has 0 aliphatic rings. The van der Waals surface area contributed by atoms with E-state index in [9.17, 15) is 0 Å². The first-order chi connectivity index (χ1) is 9.24. The first-order valence-corrected chi connectivity index (χ1v) is 6.45. The number of nitrogens with zero attached hydrogens (tertiary/aromatic N) is 3. The summed E-state index contributed by atoms with van der Waals surface area (Å²) in [5.74, 6) is 1.68. The van der Waals surface area contributed by atoms with Crippen molar-refractivity contribution in [3.05, 3.63) is 42.5 Å². The molecule has 0 amide bonds. The third-order valence-electron chi connectivity index (χ3n) is 2.57. The summed E-state index contributed by atoms with van der Waals surface area (Å²) in [6.45, 7) is 5.00. The minimum atomic E-state index is 0.361. The van der Waals surface area contributed by atoms with Crippen LogP contribution in [0.25, 0.3) is 0 Å². The van der Waals surface area contributed by atoms with Crippen LogP contribution in [0.3, 0.4) is 0 Å². The zero-order valence-corrected chi connectivity index (χ0v) is 11.3. The number of rotatable bonds is 6. The molecule has 0 aromatic carbocycles. The van der Waals surface area contributed by atoms with E-state index in [0.717, 1.165) is 24.6 Å². The van der Waals surface area contributed by atoms with Crippen molar-refractivity contribution in [2.45, 2.75) is 26.3 Å². The van der Waals surface area contributed by atoms with Crippen LogP contribution in [0.1, 0.15) is 19.4 Å². The summed E-state index contributed by atoms with van der Waals surface area (Å²) in [6.07, 6.45) is 6.13. The van der Waals surface area contributed by atoms with E-state index in [4.69, 9.17) is 0 Å². The Morgan fingerprint density at radius 1 is 1.11 bits per heavy atom. The van der Waals surface area contributed by atoms with Crippen molar-refractivity contribution in [2.75, 3.05) is 17.2 Å². The molecule has 0 saturated carbocycles. The van der Waals surface area contributed by atoms with E-state index in [1.54, 1.807) is 6.33 Å². The lowest BCUT2D eigenvalue weighted by molar-refractivity contribution is 0.885. The third-order valence-corrected chi connectivity index (χ3v) is 2.57. The van der Waals surface area contributed by atoms with Crippen molar-refractivity contribution in [1.29, 1.82) is 0 Å². The van der Waals surface area contributed by atoms with Crippen LogP contribution >= 0.6 is 0 Å². The van der Waals surface area contributed by atoms with Crippen LogP contribution in [0, 0.1) is 0 Å². The highest BCUT2D eigenvalue weighted by Crippen LogP contribution is 2.09. The fourth-order valence-corrected chi connectivity index (χ4v) is 1.71. The molecule has 19 heavy (non-hydrogen) atoms. The SMILES string of the molecule is CC(C)Nc1cc(NCCc2ccncc2)ncn1. The van der Waals surface area contributed by atoms with E-state index in [2.05, 4.69) is 39.4 Å². The van der Waals surface area contributed by atoms with Gasteiger partial charge in [-0.3, -0.25) is 4.98 Å². The zero-order chi connectivity index (χ0) is 13.5. The van der Waals surface area contributed by atoms with Gasteiger partial charge in [0, 0.05) is 31.0 Å². The minimum Gasteiger partial charge on any atom is -0.370 e. The molecule has 0 radical (unpaired) electrons. The number of aromatic nitrogens is 3. The second-order valence-electron chi connectivity index (χ2n) is 4.62. The van der Waals surface area contributed by atoms with E-state index in [1.165, 1.54) is 5.56 Å². The highest BCUT2D eigenvalue weighted by atomic mass is 15.1. The first kappa shape index (κ1) is 13.3. The largest absolute Gasteiger partial charge is 0.370 e. The summed E-state index contributed by atoms with van der Waals surface area (Å²) in [5, 5.41) is 6.55. The van der Waals surface area contributed by atoms with Gasteiger partial charge in [-0.1, -0.05) is 0 Å². The maximum Gasteiger partial charge on any atom is 0.131 e. The lowest BCUT2D eigenvalue weighted by atomic mass is 10.2. The number of anilines is 2. The summed E-state index contributed by atoms with van der Waals surface area (Å²) < 4.78 is 0. The quantitative estimate of drug-likeness (QED) is 0.831. The highest BCUT2D eigenvalue weighted by Gasteiger charge is 2.00. The Bertz CT molecular complexity index is 498. The van der Waals surface area contributed by atoms with Gasteiger partial charge >= 0.3 is 0 Å². The molecular weight excluding hydrogens is 238 g/mol. The van der Waals surface area contributed by atoms with Gasteiger partial charge < -0.3 is 10.6 Å². The molecule has 0 aliphatic heterocycles. The smallest absolute Gasteiger partial charge is 0.131 e. The van der Waals surface area contributed by atoms with Gasteiger partial charge in [0.15, 0.2) is 0 Å². The van der Waals surface area contributed by atoms with Gasteiger partial charge in [0.05, 0.1) is 0 Å². The third kappa shape index (κ3) is 4.54. The second kappa shape index (κ2) is 6.68. The molecule has 0 unspecified atom stereocenters. The van der Waals surface area contributed by atoms with E-state index in [0.29, 0.717) is 6.04 Å². The highest BCUT2D eigenvalue weighted by molar-refractivity contribution is 5.46. The van der Waals surface area contributed by atoms with Gasteiger partial charge in [-0.05, 0) is 38.0 Å². The Morgan fingerprint density at radius 2 is 1.84 bits per heavy atom.